The van der Waals surface area contributed by atoms with Gasteiger partial charge in [-0.3, -0.25) is 9.55 Å². The Morgan fingerprint density at radius 1 is 0.261 bits per heavy atom. The molecule has 0 saturated heterocycles. The van der Waals surface area contributed by atoms with Gasteiger partial charge in [-0.15, -0.1) is 0 Å². The van der Waals surface area contributed by atoms with Gasteiger partial charge in [0.1, 0.15) is 0 Å². The molecule has 14 aromatic rings. The lowest BCUT2D eigenvalue weighted by Crippen LogP contribution is -2.04. The average Bonchev–Trinajstić information content (AvgIpc) is 4.06. The molecule has 0 amide bonds. The van der Waals surface area contributed by atoms with Crippen LogP contribution in [0.1, 0.15) is 0 Å². The molecule has 0 N–H and O–H groups in total. The first-order chi connectivity index (χ1) is 34.2. The van der Waals surface area contributed by atoms with Gasteiger partial charge in [0.2, 0.25) is 5.95 Å². The maximum atomic E-state index is 5.29. The molecule has 5 aromatic heterocycles. The van der Waals surface area contributed by atoms with Crippen molar-refractivity contribution < 1.29 is 0 Å². The Morgan fingerprint density at radius 3 is 1.45 bits per heavy atom. The van der Waals surface area contributed by atoms with Gasteiger partial charge in [-0.05, 0) is 107 Å². The standard InChI is InChI=1S/C63H40N6/c1-4-16-41(17-5-1)54-40-55(42-18-6-2-7-19-42)66-63(65-54)69-57-27-13-10-24-49(57)51-32-29-46(39-61(51)69)44-30-33-58-52(37-44)50-25-11-12-26-56(50)68(58)48-23-14-20-43(36-48)45-31-34-59-53(38-45)62-60(28-15-35-64-62)67(59)47-21-8-3-9-22-47/h1-40H. The predicted octanol–water partition coefficient (Wildman–Crippen LogP) is 15.8. The van der Waals surface area contributed by atoms with Crippen LogP contribution in [0.5, 0.6) is 0 Å². The average molecular weight is 881 g/mol. The van der Waals surface area contributed by atoms with Crippen LogP contribution in [0.3, 0.4) is 0 Å². The van der Waals surface area contributed by atoms with Crippen molar-refractivity contribution in [3.8, 4) is 62.1 Å². The Morgan fingerprint density at radius 2 is 0.739 bits per heavy atom. The predicted molar refractivity (Wildman–Crippen MR) is 285 cm³/mol. The molecule has 0 spiro atoms. The molecule has 9 aromatic carbocycles. The molecule has 0 unspecified atom stereocenters. The smallest absolute Gasteiger partial charge is 0.235 e. The van der Waals surface area contributed by atoms with Crippen LogP contribution in [0.25, 0.3) is 128 Å². The zero-order valence-electron chi connectivity index (χ0n) is 37.3. The third-order valence-electron chi connectivity index (χ3n) is 13.7. The van der Waals surface area contributed by atoms with E-state index in [2.05, 4.69) is 232 Å². The first-order valence-electron chi connectivity index (χ1n) is 23.3. The van der Waals surface area contributed by atoms with E-state index in [1.54, 1.807) is 0 Å². The van der Waals surface area contributed by atoms with E-state index in [1.807, 2.05) is 24.4 Å². The molecule has 0 aliphatic rings. The van der Waals surface area contributed by atoms with E-state index in [1.165, 1.54) is 10.8 Å². The molecule has 6 heteroatoms. The van der Waals surface area contributed by atoms with E-state index in [9.17, 15) is 0 Å². The Labute approximate surface area is 397 Å². The lowest BCUT2D eigenvalue weighted by Gasteiger charge is -2.12. The summed E-state index contributed by atoms with van der Waals surface area (Å²) in [5, 5.41) is 5.84. The van der Waals surface area contributed by atoms with Crippen molar-refractivity contribution in [2.24, 2.45) is 0 Å². The van der Waals surface area contributed by atoms with Crippen molar-refractivity contribution in [2.45, 2.75) is 0 Å². The molecule has 0 radical (unpaired) electrons. The number of aromatic nitrogens is 6. The Hall–Kier alpha value is -9.39. The molecule has 0 fully saturated rings. The van der Waals surface area contributed by atoms with Crippen LogP contribution in [0, 0.1) is 0 Å². The third-order valence-corrected chi connectivity index (χ3v) is 13.7. The lowest BCUT2D eigenvalue weighted by molar-refractivity contribution is 0.996. The molecule has 0 aliphatic carbocycles. The van der Waals surface area contributed by atoms with Crippen molar-refractivity contribution >= 4 is 65.5 Å². The molecule has 0 bridgehead atoms. The summed E-state index contributed by atoms with van der Waals surface area (Å²) in [5.74, 6) is 0.634. The summed E-state index contributed by atoms with van der Waals surface area (Å²) in [7, 11) is 0. The first kappa shape index (κ1) is 38.8. The number of nitrogens with zero attached hydrogens (tertiary/aromatic N) is 6. The summed E-state index contributed by atoms with van der Waals surface area (Å²) in [6.07, 6.45) is 1.89. The zero-order valence-corrected chi connectivity index (χ0v) is 37.3. The number of rotatable bonds is 7. The molecule has 0 aliphatic heterocycles. The SMILES string of the molecule is c1ccc(-c2cc(-c3ccccc3)nc(-n3c4ccccc4c4ccc(-c5ccc6c(c5)c5ccccc5n6-c5cccc(-c6ccc7c(c6)c6ncccc6n7-c6ccccc6)c5)cc43)n2)cc1. The molecule has 5 heterocycles. The molecule has 0 saturated carbocycles. The van der Waals surface area contributed by atoms with Crippen molar-refractivity contribution in [1.82, 2.24) is 28.7 Å². The fourth-order valence-corrected chi connectivity index (χ4v) is 10.5. The van der Waals surface area contributed by atoms with Gasteiger partial charge in [-0.25, -0.2) is 9.97 Å². The number of hydrogen-bond acceptors (Lipinski definition) is 3. The number of fused-ring (bicyclic) bond motifs is 9. The van der Waals surface area contributed by atoms with Gasteiger partial charge in [0.05, 0.1) is 50.0 Å². The van der Waals surface area contributed by atoms with Crippen LogP contribution in [-0.2, 0) is 0 Å². The second-order valence-corrected chi connectivity index (χ2v) is 17.7. The van der Waals surface area contributed by atoms with Crippen molar-refractivity contribution in [3.05, 3.63) is 243 Å². The van der Waals surface area contributed by atoms with Crippen LogP contribution in [0.2, 0.25) is 0 Å². The van der Waals surface area contributed by atoms with Gasteiger partial charge in [-0.2, -0.15) is 0 Å². The molecule has 69 heavy (non-hydrogen) atoms. The second kappa shape index (κ2) is 15.6. The fraction of sp³-hybridized carbons (Fsp3) is 0. The molecule has 14 rings (SSSR count). The van der Waals surface area contributed by atoms with Gasteiger partial charge in [0.15, 0.2) is 0 Å². The fourth-order valence-electron chi connectivity index (χ4n) is 10.5. The van der Waals surface area contributed by atoms with E-state index < -0.39 is 0 Å². The highest BCUT2D eigenvalue weighted by atomic mass is 15.2. The summed E-state index contributed by atoms with van der Waals surface area (Å²) >= 11 is 0. The van der Waals surface area contributed by atoms with Crippen LogP contribution >= 0.6 is 0 Å². The minimum atomic E-state index is 0.634. The van der Waals surface area contributed by atoms with Crippen LogP contribution in [-0.4, -0.2) is 28.7 Å². The Kier molecular flexibility index (Phi) is 8.79. The van der Waals surface area contributed by atoms with Gasteiger partial charge < -0.3 is 9.13 Å². The lowest BCUT2D eigenvalue weighted by atomic mass is 10.0. The van der Waals surface area contributed by atoms with E-state index in [4.69, 9.17) is 15.0 Å². The minimum absolute atomic E-state index is 0.634. The van der Waals surface area contributed by atoms with Crippen molar-refractivity contribution in [2.75, 3.05) is 0 Å². The largest absolute Gasteiger partial charge is 0.309 e. The van der Waals surface area contributed by atoms with Crippen LogP contribution < -0.4 is 0 Å². The topological polar surface area (TPSA) is 53.5 Å². The molecule has 0 atom stereocenters. The normalized spacial score (nSPS) is 11.8. The van der Waals surface area contributed by atoms with Gasteiger partial charge >= 0.3 is 0 Å². The zero-order chi connectivity index (χ0) is 45.4. The first-order valence-corrected chi connectivity index (χ1v) is 23.3. The van der Waals surface area contributed by atoms with E-state index >= 15 is 0 Å². The van der Waals surface area contributed by atoms with E-state index in [0.29, 0.717) is 5.95 Å². The maximum Gasteiger partial charge on any atom is 0.235 e. The van der Waals surface area contributed by atoms with Gasteiger partial charge in [0, 0.05) is 55.6 Å². The number of para-hydroxylation sites is 3. The maximum absolute atomic E-state index is 5.29. The van der Waals surface area contributed by atoms with Crippen molar-refractivity contribution in [3.63, 3.8) is 0 Å². The summed E-state index contributed by atoms with van der Waals surface area (Å²) in [6, 6.07) is 84.3. The summed E-state index contributed by atoms with van der Waals surface area (Å²) < 4.78 is 6.95. The van der Waals surface area contributed by atoms with Crippen LogP contribution in [0.4, 0.5) is 0 Å². The number of pyridine rings is 1. The van der Waals surface area contributed by atoms with Crippen molar-refractivity contribution in [1.29, 1.82) is 0 Å². The molecule has 6 nitrogen and oxygen atoms in total. The second-order valence-electron chi connectivity index (χ2n) is 17.7. The molecule has 322 valence electrons. The van der Waals surface area contributed by atoms with Gasteiger partial charge in [-0.1, -0.05) is 152 Å². The number of benzene rings is 9. The van der Waals surface area contributed by atoms with Crippen LogP contribution in [0.15, 0.2) is 243 Å². The summed E-state index contributed by atoms with van der Waals surface area (Å²) in [5.41, 5.74) is 18.3. The quantitative estimate of drug-likeness (QED) is 0.160. The highest BCUT2D eigenvalue weighted by Gasteiger charge is 2.20. The van der Waals surface area contributed by atoms with Gasteiger partial charge in [0.25, 0.3) is 0 Å². The highest BCUT2D eigenvalue weighted by Crippen LogP contribution is 2.40. The monoisotopic (exact) mass is 880 g/mol. The number of hydrogen-bond donors (Lipinski definition) is 0. The molecular weight excluding hydrogens is 841 g/mol. The molecular formula is C63H40N6. The third kappa shape index (κ3) is 6.30. The minimum Gasteiger partial charge on any atom is -0.309 e. The van der Waals surface area contributed by atoms with E-state index in [-0.39, 0.29) is 0 Å². The summed E-state index contributed by atoms with van der Waals surface area (Å²) in [4.78, 5) is 15.5. The van der Waals surface area contributed by atoms with E-state index in [0.717, 1.165) is 111 Å². The Balaban J connectivity index is 0.900. The summed E-state index contributed by atoms with van der Waals surface area (Å²) in [6.45, 7) is 0. The Bertz CT molecular complexity index is 4240. The highest BCUT2D eigenvalue weighted by molar-refractivity contribution is 6.13.